The summed E-state index contributed by atoms with van der Waals surface area (Å²) >= 11 is 0. The van der Waals surface area contributed by atoms with Crippen molar-refractivity contribution in [2.75, 3.05) is 13.2 Å². The fraction of sp³-hybridized carbons (Fsp3) is 0.533. The Kier molecular flexibility index (Phi) is 3.33. The van der Waals surface area contributed by atoms with Crippen molar-refractivity contribution in [3.8, 4) is 5.75 Å². The smallest absolute Gasteiger partial charge is 0.316 e. The molecule has 1 saturated heterocycles. The lowest BCUT2D eigenvalue weighted by atomic mass is 10.0. The monoisotopic (exact) mass is 246 g/mol. The summed E-state index contributed by atoms with van der Waals surface area (Å²) in [6, 6.07) is 6.01. The second-order valence-electron chi connectivity index (χ2n) is 5.12. The van der Waals surface area contributed by atoms with Gasteiger partial charge in [0, 0.05) is 6.61 Å². The van der Waals surface area contributed by atoms with E-state index in [0.717, 1.165) is 32.3 Å². The minimum atomic E-state index is -0.146. The van der Waals surface area contributed by atoms with E-state index in [1.54, 1.807) is 0 Å². The maximum atomic E-state index is 12.0. The number of fused-ring (bicyclic) bond motifs is 1. The third kappa shape index (κ3) is 2.41. The van der Waals surface area contributed by atoms with Crippen LogP contribution in [0.1, 0.15) is 30.4 Å². The Morgan fingerprint density at radius 2 is 2.11 bits per heavy atom. The standard InChI is InChI=1S/C15H18O3/c16-15(13-5-2-8-17-10-13)18-14-7-6-11-3-1-4-12(11)9-14/h6-7,9,13H,1-5,8,10H2/t13-/m1/s1. The number of hydrogen-bond acceptors (Lipinski definition) is 3. The lowest BCUT2D eigenvalue weighted by Gasteiger charge is -2.20. The second-order valence-corrected chi connectivity index (χ2v) is 5.12. The zero-order valence-electron chi connectivity index (χ0n) is 10.5. The lowest BCUT2D eigenvalue weighted by Crippen LogP contribution is -2.28. The van der Waals surface area contributed by atoms with E-state index in [4.69, 9.17) is 9.47 Å². The summed E-state index contributed by atoms with van der Waals surface area (Å²) in [6.45, 7) is 1.27. The fourth-order valence-electron chi connectivity index (χ4n) is 2.74. The highest BCUT2D eigenvalue weighted by atomic mass is 16.5. The molecule has 1 atom stereocenters. The number of hydrogen-bond donors (Lipinski definition) is 0. The number of ether oxygens (including phenoxy) is 2. The Balaban J connectivity index is 1.66. The van der Waals surface area contributed by atoms with Gasteiger partial charge in [-0.05, 0) is 55.4 Å². The molecule has 18 heavy (non-hydrogen) atoms. The van der Waals surface area contributed by atoms with E-state index in [0.29, 0.717) is 12.4 Å². The molecule has 1 aromatic rings. The molecule has 1 aromatic carbocycles. The molecule has 0 spiro atoms. The van der Waals surface area contributed by atoms with Gasteiger partial charge in [-0.3, -0.25) is 4.79 Å². The van der Waals surface area contributed by atoms with E-state index in [1.807, 2.05) is 12.1 Å². The van der Waals surface area contributed by atoms with E-state index < -0.39 is 0 Å². The molecule has 0 unspecified atom stereocenters. The van der Waals surface area contributed by atoms with Gasteiger partial charge in [0.15, 0.2) is 0 Å². The van der Waals surface area contributed by atoms with Crippen LogP contribution in [0.4, 0.5) is 0 Å². The van der Waals surface area contributed by atoms with Crippen molar-refractivity contribution in [1.29, 1.82) is 0 Å². The van der Waals surface area contributed by atoms with Crippen LogP contribution in [0.2, 0.25) is 0 Å². The summed E-state index contributed by atoms with van der Waals surface area (Å²) in [5, 5.41) is 0. The Labute approximate surface area is 107 Å². The van der Waals surface area contributed by atoms with Gasteiger partial charge in [0.05, 0.1) is 12.5 Å². The molecule has 1 aliphatic heterocycles. The van der Waals surface area contributed by atoms with Gasteiger partial charge in [-0.25, -0.2) is 0 Å². The predicted molar refractivity (Wildman–Crippen MR) is 67.6 cm³/mol. The lowest BCUT2D eigenvalue weighted by molar-refractivity contribution is -0.143. The van der Waals surface area contributed by atoms with Crippen molar-refractivity contribution in [1.82, 2.24) is 0 Å². The molecule has 0 N–H and O–H groups in total. The van der Waals surface area contributed by atoms with E-state index in [2.05, 4.69) is 6.07 Å². The topological polar surface area (TPSA) is 35.5 Å². The summed E-state index contributed by atoms with van der Waals surface area (Å²) in [5.41, 5.74) is 2.73. The van der Waals surface area contributed by atoms with Crippen LogP contribution >= 0.6 is 0 Å². The molecule has 0 saturated carbocycles. The largest absolute Gasteiger partial charge is 0.426 e. The highest BCUT2D eigenvalue weighted by Gasteiger charge is 2.24. The van der Waals surface area contributed by atoms with E-state index in [9.17, 15) is 4.79 Å². The fourth-order valence-corrected chi connectivity index (χ4v) is 2.74. The molecule has 0 aromatic heterocycles. The molecule has 1 aliphatic carbocycles. The average Bonchev–Trinajstić information content (AvgIpc) is 2.87. The van der Waals surface area contributed by atoms with Gasteiger partial charge >= 0.3 is 5.97 Å². The van der Waals surface area contributed by atoms with Crippen molar-refractivity contribution in [2.45, 2.75) is 32.1 Å². The Bertz CT molecular complexity index is 447. The number of carbonyl (C=O) groups is 1. The highest BCUT2D eigenvalue weighted by Crippen LogP contribution is 2.27. The van der Waals surface area contributed by atoms with Gasteiger partial charge in [0.25, 0.3) is 0 Å². The Hall–Kier alpha value is -1.35. The SMILES string of the molecule is O=C(Oc1ccc2c(c1)CCC2)[C@@H]1CCCOC1. The molecule has 96 valence electrons. The first-order valence-corrected chi connectivity index (χ1v) is 6.74. The number of rotatable bonds is 2. The van der Waals surface area contributed by atoms with Crippen LogP contribution in [0, 0.1) is 5.92 Å². The van der Waals surface area contributed by atoms with Crippen LogP contribution < -0.4 is 4.74 Å². The molecule has 3 nitrogen and oxygen atoms in total. The summed E-state index contributed by atoms with van der Waals surface area (Å²) < 4.78 is 10.8. The summed E-state index contributed by atoms with van der Waals surface area (Å²) in [5.74, 6) is 0.450. The number of esters is 1. The average molecular weight is 246 g/mol. The quantitative estimate of drug-likeness (QED) is 0.594. The van der Waals surface area contributed by atoms with Gasteiger partial charge in [0.1, 0.15) is 5.75 Å². The molecular formula is C15H18O3. The van der Waals surface area contributed by atoms with Crippen molar-refractivity contribution >= 4 is 5.97 Å². The van der Waals surface area contributed by atoms with E-state index in [-0.39, 0.29) is 11.9 Å². The third-order valence-corrected chi connectivity index (χ3v) is 3.78. The first kappa shape index (κ1) is 11.7. The van der Waals surface area contributed by atoms with Crippen LogP contribution in [0.5, 0.6) is 5.75 Å². The van der Waals surface area contributed by atoms with Crippen LogP contribution in [0.15, 0.2) is 18.2 Å². The Morgan fingerprint density at radius 3 is 2.94 bits per heavy atom. The molecule has 3 rings (SSSR count). The van der Waals surface area contributed by atoms with Gasteiger partial charge in [0.2, 0.25) is 0 Å². The molecule has 1 fully saturated rings. The minimum absolute atomic E-state index is 0.0907. The molecule has 3 heteroatoms. The zero-order valence-corrected chi connectivity index (χ0v) is 10.5. The second kappa shape index (κ2) is 5.11. The van der Waals surface area contributed by atoms with Crippen molar-refractivity contribution < 1.29 is 14.3 Å². The molecular weight excluding hydrogens is 228 g/mol. The van der Waals surface area contributed by atoms with Gasteiger partial charge in [-0.15, -0.1) is 0 Å². The number of aryl methyl sites for hydroxylation is 2. The molecule has 0 radical (unpaired) electrons. The van der Waals surface area contributed by atoms with E-state index >= 15 is 0 Å². The molecule has 1 heterocycles. The van der Waals surface area contributed by atoms with Crippen LogP contribution in [-0.2, 0) is 22.4 Å². The van der Waals surface area contributed by atoms with Crippen molar-refractivity contribution in [3.05, 3.63) is 29.3 Å². The molecule has 0 bridgehead atoms. The van der Waals surface area contributed by atoms with Crippen LogP contribution in [-0.4, -0.2) is 19.2 Å². The van der Waals surface area contributed by atoms with E-state index in [1.165, 1.54) is 17.5 Å². The Morgan fingerprint density at radius 1 is 1.22 bits per heavy atom. The van der Waals surface area contributed by atoms with Crippen molar-refractivity contribution in [2.24, 2.45) is 5.92 Å². The number of benzene rings is 1. The highest BCUT2D eigenvalue weighted by molar-refractivity contribution is 5.75. The molecule has 0 amide bonds. The van der Waals surface area contributed by atoms with Gasteiger partial charge in [-0.1, -0.05) is 6.07 Å². The number of carbonyl (C=O) groups excluding carboxylic acids is 1. The normalized spacial score (nSPS) is 22.6. The van der Waals surface area contributed by atoms with Crippen LogP contribution in [0.3, 0.4) is 0 Å². The van der Waals surface area contributed by atoms with Gasteiger partial charge < -0.3 is 9.47 Å². The maximum Gasteiger partial charge on any atom is 0.316 e. The predicted octanol–water partition coefficient (Wildman–Crippen LogP) is 2.51. The molecule has 2 aliphatic rings. The zero-order chi connectivity index (χ0) is 12.4. The first-order chi connectivity index (χ1) is 8.83. The van der Waals surface area contributed by atoms with Crippen LogP contribution in [0.25, 0.3) is 0 Å². The minimum Gasteiger partial charge on any atom is -0.426 e. The van der Waals surface area contributed by atoms with Gasteiger partial charge in [-0.2, -0.15) is 0 Å². The summed E-state index contributed by atoms with van der Waals surface area (Å²) in [6.07, 6.45) is 5.30. The maximum absolute atomic E-state index is 12.0. The first-order valence-electron chi connectivity index (χ1n) is 6.74. The summed E-state index contributed by atoms with van der Waals surface area (Å²) in [4.78, 5) is 12.0. The van der Waals surface area contributed by atoms with Crippen molar-refractivity contribution in [3.63, 3.8) is 0 Å². The third-order valence-electron chi connectivity index (χ3n) is 3.78. The summed E-state index contributed by atoms with van der Waals surface area (Å²) in [7, 11) is 0.